The number of halogens is 1. The lowest BCUT2D eigenvalue weighted by Gasteiger charge is -2.10. The minimum atomic E-state index is 0. The van der Waals surface area contributed by atoms with Gasteiger partial charge < -0.3 is 10.6 Å². The maximum atomic E-state index is 4.63. The van der Waals surface area contributed by atoms with Crippen molar-refractivity contribution < 1.29 is 0 Å². The third-order valence-corrected chi connectivity index (χ3v) is 3.86. The third kappa shape index (κ3) is 6.31. The average molecular weight is 430 g/mol. The molecule has 0 amide bonds. The molecule has 22 heavy (non-hydrogen) atoms. The van der Waals surface area contributed by atoms with Crippen LogP contribution in [0.3, 0.4) is 0 Å². The summed E-state index contributed by atoms with van der Waals surface area (Å²) in [4.78, 5) is 10.1. The van der Waals surface area contributed by atoms with Crippen LogP contribution in [0.25, 0.3) is 0 Å². The van der Waals surface area contributed by atoms with Crippen molar-refractivity contribution in [3.63, 3.8) is 0 Å². The van der Waals surface area contributed by atoms with Crippen LogP contribution in [0.4, 0.5) is 0 Å². The normalized spacial score (nSPS) is 11.0. The molecule has 1 aromatic carbocycles. The molecule has 0 fully saturated rings. The largest absolute Gasteiger partial charge is 0.357 e. The number of aromatic nitrogens is 1. The summed E-state index contributed by atoms with van der Waals surface area (Å²) in [6.45, 7) is 8.47. The molecular weight excluding hydrogens is 407 g/mol. The van der Waals surface area contributed by atoms with Gasteiger partial charge in [-0.3, -0.25) is 0 Å². The van der Waals surface area contributed by atoms with Crippen LogP contribution in [0.1, 0.15) is 27.9 Å². The molecular formula is C16H23IN4S. The van der Waals surface area contributed by atoms with Crippen molar-refractivity contribution in [3.05, 3.63) is 51.5 Å². The van der Waals surface area contributed by atoms with E-state index in [0.717, 1.165) is 24.1 Å². The summed E-state index contributed by atoms with van der Waals surface area (Å²) < 4.78 is 0. The lowest BCUT2D eigenvalue weighted by atomic mass is 10.1. The van der Waals surface area contributed by atoms with Crippen LogP contribution in [0.5, 0.6) is 0 Å². The second-order valence-electron chi connectivity index (χ2n) is 4.88. The molecule has 0 saturated heterocycles. The van der Waals surface area contributed by atoms with Gasteiger partial charge in [0.2, 0.25) is 0 Å². The number of rotatable bonds is 5. The molecule has 0 bridgehead atoms. The van der Waals surface area contributed by atoms with E-state index in [1.807, 2.05) is 13.1 Å². The molecule has 1 aromatic heterocycles. The molecule has 1 heterocycles. The maximum absolute atomic E-state index is 4.63. The average Bonchev–Trinajstić information content (AvgIpc) is 2.88. The Balaban J connectivity index is 0.00000242. The van der Waals surface area contributed by atoms with Gasteiger partial charge in [-0.05, 0) is 26.3 Å². The highest BCUT2D eigenvalue weighted by Crippen LogP contribution is 2.10. The Bertz CT molecular complexity index is 610. The summed E-state index contributed by atoms with van der Waals surface area (Å²) >= 11 is 1.71. The Morgan fingerprint density at radius 3 is 2.73 bits per heavy atom. The van der Waals surface area contributed by atoms with Gasteiger partial charge in [-0.25, -0.2) is 9.98 Å². The molecule has 0 unspecified atom stereocenters. The molecule has 2 aromatic rings. The Morgan fingerprint density at radius 2 is 2.09 bits per heavy atom. The molecule has 2 rings (SSSR count). The van der Waals surface area contributed by atoms with E-state index >= 15 is 0 Å². The standard InChI is InChI=1S/C16H22N4S.HI/c1-4-17-16(20-11-15-10-18-13(3)21-15)19-9-14-7-5-6-12(2)8-14;/h5-8,10H,4,9,11H2,1-3H3,(H2,17,19,20);1H. The zero-order valence-electron chi connectivity index (χ0n) is 13.2. The lowest BCUT2D eigenvalue weighted by molar-refractivity contribution is 0.822. The topological polar surface area (TPSA) is 49.3 Å². The number of hydrogen-bond acceptors (Lipinski definition) is 3. The molecule has 0 spiro atoms. The van der Waals surface area contributed by atoms with E-state index in [9.17, 15) is 0 Å². The highest BCUT2D eigenvalue weighted by Gasteiger charge is 2.01. The van der Waals surface area contributed by atoms with Gasteiger partial charge in [0.25, 0.3) is 0 Å². The van der Waals surface area contributed by atoms with Crippen LogP contribution >= 0.6 is 35.3 Å². The highest BCUT2D eigenvalue weighted by atomic mass is 127. The van der Waals surface area contributed by atoms with E-state index in [1.165, 1.54) is 16.0 Å². The first kappa shape index (κ1) is 18.9. The molecule has 0 radical (unpaired) electrons. The number of benzene rings is 1. The van der Waals surface area contributed by atoms with Crippen molar-refractivity contribution in [1.82, 2.24) is 15.6 Å². The van der Waals surface area contributed by atoms with Crippen molar-refractivity contribution in [3.8, 4) is 0 Å². The molecule has 0 aliphatic rings. The van der Waals surface area contributed by atoms with Crippen molar-refractivity contribution in [2.75, 3.05) is 6.54 Å². The molecule has 2 N–H and O–H groups in total. The number of guanidine groups is 1. The predicted octanol–water partition coefficient (Wildman–Crippen LogP) is 3.63. The molecule has 0 saturated carbocycles. The molecule has 0 aliphatic heterocycles. The summed E-state index contributed by atoms with van der Waals surface area (Å²) in [5, 5.41) is 7.70. The van der Waals surface area contributed by atoms with Crippen molar-refractivity contribution in [2.45, 2.75) is 33.9 Å². The minimum absolute atomic E-state index is 0. The van der Waals surface area contributed by atoms with E-state index in [-0.39, 0.29) is 24.0 Å². The van der Waals surface area contributed by atoms with E-state index in [1.54, 1.807) is 11.3 Å². The first-order chi connectivity index (χ1) is 10.2. The fourth-order valence-corrected chi connectivity index (χ4v) is 2.72. The monoisotopic (exact) mass is 430 g/mol. The molecule has 4 nitrogen and oxygen atoms in total. The van der Waals surface area contributed by atoms with Gasteiger partial charge in [0.05, 0.1) is 18.1 Å². The zero-order chi connectivity index (χ0) is 15.1. The number of hydrogen-bond donors (Lipinski definition) is 2. The van der Waals surface area contributed by atoms with Gasteiger partial charge in [-0.1, -0.05) is 29.8 Å². The van der Waals surface area contributed by atoms with Crippen molar-refractivity contribution in [1.29, 1.82) is 0 Å². The van der Waals surface area contributed by atoms with E-state index in [2.05, 4.69) is 58.7 Å². The number of aryl methyl sites for hydroxylation is 2. The molecule has 6 heteroatoms. The SMILES string of the molecule is CCNC(=NCc1cccc(C)c1)NCc1cnc(C)s1.I. The quantitative estimate of drug-likeness (QED) is 0.433. The predicted molar refractivity (Wildman–Crippen MR) is 105 cm³/mol. The van der Waals surface area contributed by atoms with E-state index in [4.69, 9.17) is 0 Å². The number of thiazole rings is 1. The highest BCUT2D eigenvalue weighted by molar-refractivity contribution is 14.0. The first-order valence-electron chi connectivity index (χ1n) is 7.16. The van der Waals surface area contributed by atoms with Gasteiger partial charge in [0.15, 0.2) is 5.96 Å². The second kappa shape index (κ2) is 9.78. The summed E-state index contributed by atoms with van der Waals surface area (Å²) in [6.07, 6.45) is 1.91. The van der Waals surface area contributed by atoms with Crippen LogP contribution in [-0.2, 0) is 13.1 Å². The van der Waals surface area contributed by atoms with E-state index in [0.29, 0.717) is 6.54 Å². The summed E-state index contributed by atoms with van der Waals surface area (Å²) in [7, 11) is 0. The summed E-state index contributed by atoms with van der Waals surface area (Å²) in [5.74, 6) is 0.838. The van der Waals surface area contributed by atoms with Crippen molar-refractivity contribution in [2.24, 2.45) is 4.99 Å². The maximum Gasteiger partial charge on any atom is 0.191 e. The molecule has 0 aliphatic carbocycles. The van der Waals surface area contributed by atoms with Crippen LogP contribution in [0.2, 0.25) is 0 Å². The number of aliphatic imine (C=N–C) groups is 1. The summed E-state index contributed by atoms with van der Waals surface area (Å²) in [5.41, 5.74) is 2.49. The smallest absolute Gasteiger partial charge is 0.191 e. The van der Waals surface area contributed by atoms with Gasteiger partial charge in [0.1, 0.15) is 0 Å². The Morgan fingerprint density at radius 1 is 1.27 bits per heavy atom. The van der Waals surface area contributed by atoms with Crippen LogP contribution in [0, 0.1) is 13.8 Å². The Hall–Kier alpha value is -1.15. The lowest BCUT2D eigenvalue weighted by Crippen LogP contribution is -2.36. The van der Waals surface area contributed by atoms with Crippen LogP contribution in [0.15, 0.2) is 35.5 Å². The Labute approximate surface area is 153 Å². The fraction of sp³-hybridized carbons (Fsp3) is 0.375. The van der Waals surface area contributed by atoms with Gasteiger partial charge in [-0.15, -0.1) is 35.3 Å². The number of nitrogens with one attached hydrogen (secondary N) is 2. The fourth-order valence-electron chi connectivity index (χ4n) is 1.98. The first-order valence-corrected chi connectivity index (χ1v) is 7.98. The molecule has 120 valence electrons. The summed E-state index contributed by atoms with van der Waals surface area (Å²) in [6, 6.07) is 8.44. The van der Waals surface area contributed by atoms with Gasteiger partial charge >= 0.3 is 0 Å². The third-order valence-electron chi connectivity index (χ3n) is 2.95. The minimum Gasteiger partial charge on any atom is -0.357 e. The van der Waals surface area contributed by atoms with Crippen molar-refractivity contribution >= 4 is 41.3 Å². The van der Waals surface area contributed by atoms with Gasteiger partial charge in [-0.2, -0.15) is 0 Å². The molecule has 0 atom stereocenters. The van der Waals surface area contributed by atoms with Crippen LogP contribution < -0.4 is 10.6 Å². The van der Waals surface area contributed by atoms with Gasteiger partial charge in [0, 0.05) is 17.6 Å². The number of nitrogens with zero attached hydrogens (tertiary/aromatic N) is 2. The second-order valence-corrected chi connectivity index (χ2v) is 6.20. The van der Waals surface area contributed by atoms with E-state index < -0.39 is 0 Å². The zero-order valence-corrected chi connectivity index (χ0v) is 16.4. The van der Waals surface area contributed by atoms with Crippen LogP contribution in [-0.4, -0.2) is 17.5 Å². The Kier molecular flexibility index (Phi) is 8.40.